The molecule has 1 unspecified atom stereocenters. The number of amides is 1. The number of carbonyl (C=O) groups excluding carboxylic acids is 1. The molecule has 0 spiro atoms. The number of halogens is 1. The van der Waals surface area contributed by atoms with Gasteiger partial charge in [0, 0.05) is 23.3 Å². The number of aryl methyl sites for hydroxylation is 1. The average molecular weight is 341 g/mol. The van der Waals surface area contributed by atoms with Gasteiger partial charge in [0.15, 0.2) is 0 Å². The summed E-state index contributed by atoms with van der Waals surface area (Å²) in [4.78, 5) is 14.1. The van der Waals surface area contributed by atoms with E-state index in [-0.39, 0.29) is 5.91 Å². The van der Waals surface area contributed by atoms with Gasteiger partial charge in [-0.25, -0.2) is 0 Å². The Morgan fingerprint density at radius 3 is 3.00 bits per heavy atom. The van der Waals surface area contributed by atoms with Gasteiger partial charge in [-0.1, -0.05) is 15.9 Å². The molecule has 20 heavy (non-hydrogen) atoms. The molecule has 5 heteroatoms. The first kappa shape index (κ1) is 15.5. The van der Waals surface area contributed by atoms with Gasteiger partial charge in [0.1, 0.15) is 0 Å². The molecule has 1 atom stereocenters. The first-order valence-electron chi connectivity index (χ1n) is 6.87. The molecule has 2 rings (SSSR count). The predicted octanol–water partition coefficient (Wildman–Crippen LogP) is 2.66. The Morgan fingerprint density at radius 2 is 2.35 bits per heavy atom. The topological polar surface area (TPSA) is 41.6 Å². The summed E-state index contributed by atoms with van der Waals surface area (Å²) in [5.41, 5.74) is 1.93. The highest BCUT2D eigenvalue weighted by molar-refractivity contribution is 9.10. The van der Waals surface area contributed by atoms with E-state index >= 15 is 0 Å². The van der Waals surface area contributed by atoms with Gasteiger partial charge in [0.25, 0.3) is 0 Å². The van der Waals surface area contributed by atoms with Crippen LogP contribution in [0.25, 0.3) is 0 Å². The molecule has 0 aromatic heterocycles. The van der Waals surface area contributed by atoms with Crippen LogP contribution in [0.4, 0.5) is 5.69 Å². The maximum atomic E-state index is 12.0. The van der Waals surface area contributed by atoms with Crippen LogP contribution in [-0.2, 0) is 9.53 Å². The number of anilines is 1. The van der Waals surface area contributed by atoms with Gasteiger partial charge in [0.05, 0.1) is 13.2 Å². The third-order valence-corrected chi connectivity index (χ3v) is 3.96. The third-order valence-electron chi connectivity index (χ3n) is 3.47. The Kier molecular flexibility index (Phi) is 5.57. The molecule has 110 valence electrons. The van der Waals surface area contributed by atoms with Crippen LogP contribution in [0.1, 0.15) is 12.0 Å². The SMILES string of the molecule is Cc1cc(Br)ccc1NC(=O)CN(C)CC1CCOC1. The zero-order valence-corrected chi connectivity index (χ0v) is 13.6. The fraction of sp³-hybridized carbons (Fsp3) is 0.533. The van der Waals surface area contributed by atoms with Crippen LogP contribution in [0.15, 0.2) is 22.7 Å². The molecular formula is C15H21BrN2O2. The van der Waals surface area contributed by atoms with Crippen molar-refractivity contribution in [2.24, 2.45) is 5.92 Å². The quantitative estimate of drug-likeness (QED) is 0.895. The lowest BCUT2D eigenvalue weighted by Crippen LogP contribution is -2.34. The van der Waals surface area contributed by atoms with E-state index in [4.69, 9.17) is 4.74 Å². The molecule has 0 bridgehead atoms. The number of rotatable bonds is 5. The molecule has 1 heterocycles. The Morgan fingerprint density at radius 1 is 1.55 bits per heavy atom. The summed E-state index contributed by atoms with van der Waals surface area (Å²) in [6.45, 7) is 4.97. The van der Waals surface area contributed by atoms with E-state index in [1.165, 1.54) is 0 Å². The van der Waals surface area contributed by atoms with Crippen LogP contribution in [0.3, 0.4) is 0 Å². The lowest BCUT2D eigenvalue weighted by Gasteiger charge is -2.19. The normalized spacial score (nSPS) is 18.5. The fourth-order valence-corrected chi connectivity index (χ4v) is 2.91. The highest BCUT2D eigenvalue weighted by Crippen LogP contribution is 2.20. The van der Waals surface area contributed by atoms with Gasteiger partial charge < -0.3 is 10.1 Å². The summed E-state index contributed by atoms with van der Waals surface area (Å²) in [7, 11) is 1.98. The molecule has 0 radical (unpaired) electrons. The fourth-order valence-electron chi connectivity index (χ4n) is 2.43. The van der Waals surface area contributed by atoms with Crippen LogP contribution >= 0.6 is 15.9 Å². The van der Waals surface area contributed by atoms with Gasteiger partial charge in [-0.05, 0) is 50.1 Å². The van der Waals surface area contributed by atoms with Crippen molar-refractivity contribution in [1.29, 1.82) is 0 Å². The van der Waals surface area contributed by atoms with E-state index in [9.17, 15) is 4.79 Å². The zero-order chi connectivity index (χ0) is 14.5. The minimum absolute atomic E-state index is 0.0248. The Labute approximate surface area is 128 Å². The molecule has 0 aliphatic carbocycles. The summed E-state index contributed by atoms with van der Waals surface area (Å²) in [5, 5.41) is 2.96. The standard InChI is InChI=1S/C15H21BrN2O2/c1-11-7-13(16)3-4-14(11)17-15(19)9-18(2)8-12-5-6-20-10-12/h3-4,7,12H,5-6,8-10H2,1-2H3,(H,17,19). The molecule has 1 amide bonds. The number of hydrogen-bond acceptors (Lipinski definition) is 3. The van der Waals surface area contributed by atoms with E-state index in [0.717, 1.165) is 41.9 Å². The lowest BCUT2D eigenvalue weighted by atomic mass is 10.1. The molecule has 0 saturated carbocycles. The molecule has 1 aliphatic rings. The molecule has 4 nitrogen and oxygen atoms in total. The third kappa shape index (κ3) is 4.58. The highest BCUT2D eigenvalue weighted by atomic mass is 79.9. The van der Waals surface area contributed by atoms with Gasteiger partial charge in [-0.2, -0.15) is 0 Å². The monoisotopic (exact) mass is 340 g/mol. The van der Waals surface area contributed by atoms with E-state index in [0.29, 0.717) is 12.5 Å². The number of carbonyl (C=O) groups is 1. The number of hydrogen-bond donors (Lipinski definition) is 1. The van der Waals surface area contributed by atoms with E-state index in [1.54, 1.807) is 0 Å². The van der Waals surface area contributed by atoms with Crippen molar-refractivity contribution in [2.45, 2.75) is 13.3 Å². The second kappa shape index (κ2) is 7.20. The highest BCUT2D eigenvalue weighted by Gasteiger charge is 2.18. The molecule has 1 saturated heterocycles. The van der Waals surface area contributed by atoms with Crippen molar-refractivity contribution in [1.82, 2.24) is 4.90 Å². The maximum absolute atomic E-state index is 12.0. The lowest BCUT2D eigenvalue weighted by molar-refractivity contribution is -0.117. The van der Waals surface area contributed by atoms with Crippen LogP contribution in [0, 0.1) is 12.8 Å². The Hall–Kier alpha value is -0.910. The van der Waals surface area contributed by atoms with Crippen molar-refractivity contribution >= 4 is 27.5 Å². The first-order valence-corrected chi connectivity index (χ1v) is 7.66. The van der Waals surface area contributed by atoms with E-state index < -0.39 is 0 Å². The van der Waals surface area contributed by atoms with Crippen molar-refractivity contribution in [3.63, 3.8) is 0 Å². The second-order valence-corrected chi connectivity index (χ2v) is 6.35. The van der Waals surface area contributed by atoms with E-state index in [1.807, 2.05) is 32.2 Å². The van der Waals surface area contributed by atoms with Gasteiger partial charge in [-0.15, -0.1) is 0 Å². The summed E-state index contributed by atoms with van der Waals surface area (Å²) in [6, 6.07) is 5.85. The summed E-state index contributed by atoms with van der Waals surface area (Å²) < 4.78 is 6.37. The van der Waals surface area contributed by atoms with Crippen molar-refractivity contribution in [2.75, 3.05) is 38.7 Å². The van der Waals surface area contributed by atoms with Crippen LogP contribution in [0.2, 0.25) is 0 Å². The molecule has 1 aromatic rings. The number of nitrogens with zero attached hydrogens (tertiary/aromatic N) is 1. The average Bonchev–Trinajstić information content (AvgIpc) is 2.85. The Bertz CT molecular complexity index is 473. The largest absolute Gasteiger partial charge is 0.381 e. The second-order valence-electron chi connectivity index (χ2n) is 5.43. The molecule has 1 N–H and O–H groups in total. The summed E-state index contributed by atoms with van der Waals surface area (Å²) in [6.07, 6.45) is 1.10. The number of benzene rings is 1. The zero-order valence-electron chi connectivity index (χ0n) is 12.0. The van der Waals surface area contributed by atoms with E-state index in [2.05, 4.69) is 26.1 Å². The van der Waals surface area contributed by atoms with Gasteiger partial charge in [0.2, 0.25) is 5.91 Å². The minimum atomic E-state index is 0.0248. The molecule has 1 aromatic carbocycles. The summed E-state index contributed by atoms with van der Waals surface area (Å²) in [5.74, 6) is 0.582. The predicted molar refractivity (Wildman–Crippen MR) is 83.9 cm³/mol. The number of likely N-dealkylation sites (N-methyl/N-ethyl adjacent to an activating group) is 1. The Balaban J connectivity index is 1.82. The smallest absolute Gasteiger partial charge is 0.238 e. The summed E-state index contributed by atoms with van der Waals surface area (Å²) >= 11 is 3.42. The van der Waals surface area contributed by atoms with Crippen molar-refractivity contribution in [3.05, 3.63) is 28.2 Å². The van der Waals surface area contributed by atoms with Crippen molar-refractivity contribution < 1.29 is 9.53 Å². The van der Waals surface area contributed by atoms with Crippen LogP contribution in [0.5, 0.6) is 0 Å². The van der Waals surface area contributed by atoms with Gasteiger partial charge in [-0.3, -0.25) is 9.69 Å². The molecule has 1 aliphatic heterocycles. The van der Waals surface area contributed by atoms with Gasteiger partial charge >= 0.3 is 0 Å². The first-order chi connectivity index (χ1) is 9.54. The van der Waals surface area contributed by atoms with Crippen LogP contribution in [-0.4, -0.2) is 44.2 Å². The molecular weight excluding hydrogens is 320 g/mol. The number of nitrogens with one attached hydrogen (secondary N) is 1. The van der Waals surface area contributed by atoms with Crippen LogP contribution < -0.4 is 5.32 Å². The minimum Gasteiger partial charge on any atom is -0.381 e. The van der Waals surface area contributed by atoms with Crippen molar-refractivity contribution in [3.8, 4) is 0 Å². The maximum Gasteiger partial charge on any atom is 0.238 e. The number of ether oxygens (including phenoxy) is 1. The molecule has 1 fully saturated rings.